The molecule has 19 heavy (non-hydrogen) atoms. The normalized spacial score (nSPS) is 22.4. The van der Waals surface area contributed by atoms with Gasteiger partial charge in [0.25, 0.3) is 0 Å². The Kier molecular flexibility index (Phi) is 4.94. The third-order valence-electron chi connectivity index (χ3n) is 3.79. The van der Waals surface area contributed by atoms with Gasteiger partial charge in [-0.2, -0.15) is 0 Å². The Labute approximate surface area is 114 Å². The van der Waals surface area contributed by atoms with Gasteiger partial charge in [-0.15, -0.1) is 0 Å². The van der Waals surface area contributed by atoms with Crippen LogP contribution in [0.2, 0.25) is 0 Å². The molecule has 1 aliphatic rings. The first-order valence-electron chi connectivity index (χ1n) is 7.14. The first kappa shape index (κ1) is 14.5. The van der Waals surface area contributed by atoms with Crippen LogP contribution in [-0.4, -0.2) is 23.4 Å². The molecular weight excluding hydrogens is 243 g/mol. The second-order valence-corrected chi connectivity index (χ2v) is 5.79. The third kappa shape index (κ3) is 4.59. The molecule has 1 N–H and O–H groups in total. The lowest BCUT2D eigenvalue weighted by atomic mass is 9.90. The summed E-state index contributed by atoms with van der Waals surface area (Å²) in [6.07, 6.45) is 5.61. The molecule has 2 rings (SSSR count). The maximum atomic E-state index is 13.6. The summed E-state index contributed by atoms with van der Waals surface area (Å²) in [7, 11) is 0. The summed E-state index contributed by atoms with van der Waals surface area (Å²) in [6.45, 7) is 2.66. The largest absolute Gasteiger partial charge is 0.390 e. The van der Waals surface area contributed by atoms with Crippen molar-refractivity contribution in [2.45, 2.75) is 57.2 Å². The van der Waals surface area contributed by atoms with Crippen molar-refractivity contribution in [2.75, 3.05) is 6.61 Å². The molecule has 1 heterocycles. The highest BCUT2D eigenvalue weighted by molar-refractivity contribution is 5.19. The lowest BCUT2D eigenvalue weighted by Crippen LogP contribution is -2.28. The van der Waals surface area contributed by atoms with Crippen LogP contribution in [0, 0.1) is 5.82 Å². The van der Waals surface area contributed by atoms with E-state index in [9.17, 15) is 9.50 Å². The molecule has 2 atom stereocenters. The molecule has 0 aliphatic carbocycles. The molecule has 106 valence electrons. The second-order valence-electron chi connectivity index (χ2n) is 5.79. The van der Waals surface area contributed by atoms with Crippen molar-refractivity contribution in [3.05, 3.63) is 35.6 Å². The van der Waals surface area contributed by atoms with Crippen LogP contribution >= 0.6 is 0 Å². The van der Waals surface area contributed by atoms with Crippen LogP contribution in [0.5, 0.6) is 0 Å². The zero-order valence-corrected chi connectivity index (χ0v) is 11.6. The number of aliphatic hydroxyl groups is 1. The Bertz CT molecular complexity index is 397. The summed E-state index contributed by atoms with van der Waals surface area (Å²) >= 11 is 0. The van der Waals surface area contributed by atoms with E-state index in [1.54, 1.807) is 25.1 Å². The molecule has 0 saturated carbocycles. The maximum absolute atomic E-state index is 13.6. The SMILES string of the molecule is CC(O)(CCCC1CCCO1)Cc1ccccc1F. The Balaban J connectivity index is 1.79. The van der Waals surface area contributed by atoms with Crippen LogP contribution in [0.3, 0.4) is 0 Å². The highest BCUT2D eigenvalue weighted by Gasteiger charge is 2.23. The molecule has 0 radical (unpaired) electrons. The Morgan fingerprint density at radius 1 is 1.42 bits per heavy atom. The van der Waals surface area contributed by atoms with E-state index >= 15 is 0 Å². The molecule has 1 aliphatic heterocycles. The third-order valence-corrected chi connectivity index (χ3v) is 3.79. The second kappa shape index (κ2) is 6.49. The van der Waals surface area contributed by atoms with Crippen molar-refractivity contribution in [1.29, 1.82) is 0 Å². The fourth-order valence-corrected chi connectivity index (χ4v) is 2.72. The molecular formula is C16H23FO2. The van der Waals surface area contributed by atoms with Crippen molar-refractivity contribution in [1.82, 2.24) is 0 Å². The Morgan fingerprint density at radius 3 is 2.89 bits per heavy atom. The zero-order valence-electron chi connectivity index (χ0n) is 11.6. The van der Waals surface area contributed by atoms with E-state index < -0.39 is 5.60 Å². The number of ether oxygens (including phenoxy) is 1. The van der Waals surface area contributed by atoms with Crippen LogP contribution < -0.4 is 0 Å². The summed E-state index contributed by atoms with van der Waals surface area (Å²) < 4.78 is 19.1. The van der Waals surface area contributed by atoms with Crippen LogP contribution in [0.15, 0.2) is 24.3 Å². The molecule has 0 bridgehead atoms. The summed E-state index contributed by atoms with van der Waals surface area (Å²) in [5, 5.41) is 10.4. The monoisotopic (exact) mass is 266 g/mol. The smallest absolute Gasteiger partial charge is 0.126 e. The Hall–Kier alpha value is -0.930. The summed E-state index contributed by atoms with van der Waals surface area (Å²) in [4.78, 5) is 0. The van der Waals surface area contributed by atoms with Gasteiger partial charge in [0, 0.05) is 13.0 Å². The average Bonchev–Trinajstić information content (AvgIpc) is 2.85. The lowest BCUT2D eigenvalue weighted by molar-refractivity contribution is 0.0399. The number of rotatable bonds is 6. The van der Waals surface area contributed by atoms with Crippen molar-refractivity contribution in [3.8, 4) is 0 Å². The molecule has 1 fully saturated rings. The number of hydrogen-bond acceptors (Lipinski definition) is 2. The predicted molar refractivity (Wildman–Crippen MR) is 73.6 cm³/mol. The fraction of sp³-hybridized carbons (Fsp3) is 0.625. The van der Waals surface area contributed by atoms with Crippen LogP contribution in [0.4, 0.5) is 4.39 Å². The van der Waals surface area contributed by atoms with Gasteiger partial charge < -0.3 is 9.84 Å². The van der Waals surface area contributed by atoms with Crippen LogP contribution in [0.1, 0.15) is 44.6 Å². The van der Waals surface area contributed by atoms with Gasteiger partial charge in [0.1, 0.15) is 5.82 Å². The highest BCUT2D eigenvalue weighted by atomic mass is 19.1. The van der Waals surface area contributed by atoms with Gasteiger partial charge in [-0.05, 0) is 50.7 Å². The van der Waals surface area contributed by atoms with Gasteiger partial charge in [0.15, 0.2) is 0 Å². The highest BCUT2D eigenvalue weighted by Crippen LogP contribution is 2.24. The molecule has 2 unspecified atom stereocenters. The van der Waals surface area contributed by atoms with Crippen LogP contribution in [0.25, 0.3) is 0 Å². The van der Waals surface area contributed by atoms with Crippen molar-refractivity contribution in [2.24, 2.45) is 0 Å². The quantitative estimate of drug-likeness (QED) is 0.854. The fourth-order valence-electron chi connectivity index (χ4n) is 2.72. The number of halogens is 1. The van der Waals surface area contributed by atoms with E-state index in [-0.39, 0.29) is 5.82 Å². The minimum absolute atomic E-state index is 0.234. The van der Waals surface area contributed by atoms with E-state index in [1.165, 1.54) is 6.07 Å². The molecule has 1 saturated heterocycles. The van der Waals surface area contributed by atoms with Gasteiger partial charge in [-0.3, -0.25) is 0 Å². The van der Waals surface area contributed by atoms with E-state index in [2.05, 4.69) is 0 Å². The zero-order chi connectivity index (χ0) is 13.7. The number of hydrogen-bond donors (Lipinski definition) is 1. The van der Waals surface area contributed by atoms with Crippen molar-refractivity contribution >= 4 is 0 Å². The standard InChI is InChI=1S/C16H23FO2/c1-16(18,10-4-7-14-8-5-11-19-14)12-13-6-2-3-9-15(13)17/h2-3,6,9,14,18H,4-5,7-8,10-12H2,1H3. The molecule has 2 nitrogen and oxygen atoms in total. The topological polar surface area (TPSA) is 29.5 Å². The van der Waals surface area contributed by atoms with Crippen molar-refractivity contribution in [3.63, 3.8) is 0 Å². The lowest BCUT2D eigenvalue weighted by Gasteiger charge is -2.24. The molecule has 1 aromatic carbocycles. The average molecular weight is 266 g/mol. The number of benzene rings is 1. The Morgan fingerprint density at radius 2 is 2.21 bits per heavy atom. The van der Waals surface area contributed by atoms with Gasteiger partial charge in [-0.25, -0.2) is 4.39 Å². The summed E-state index contributed by atoms with van der Waals surface area (Å²) in [6, 6.07) is 6.66. The molecule has 0 aromatic heterocycles. The van der Waals surface area contributed by atoms with Gasteiger partial charge in [0.05, 0.1) is 11.7 Å². The first-order chi connectivity index (χ1) is 9.07. The van der Waals surface area contributed by atoms with E-state index in [4.69, 9.17) is 4.74 Å². The minimum atomic E-state index is -0.846. The summed E-state index contributed by atoms with van der Waals surface area (Å²) in [5.41, 5.74) is -0.259. The minimum Gasteiger partial charge on any atom is -0.390 e. The van der Waals surface area contributed by atoms with Gasteiger partial charge in [-0.1, -0.05) is 18.2 Å². The van der Waals surface area contributed by atoms with Gasteiger partial charge in [0.2, 0.25) is 0 Å². The first-order valence-corrected chi connectivity index (χ1v) is 7.14. The van der Waals surface area contributed by atoms with E-state index in [1.807, 2.05) is 0 Å². The van der Waals surface area contributed by atoms with E-state index in [0.29, 0.717) is 24.5 Å². The van der Waals surface area contributed by atoms with Crippen LogP contribution in [-0.2, 0) is 11.2 Å². The molecule has 0 amide bonds. The summed E-state index contributed by atoms with van der Waals surface area (Å²) in [5.74, 6) is -0.234. The van der Waals surface area contributed by atoms with E-state index in [0.717, 1.165) is 32.3 Å². The maximum Gasteiger partial charge on any atom is 0.126 e. The molecule has 0 spiro atoms. The van der Waals surface area contributed by atoms with Crippen molar-refractivity contribution < 1.29 is 14.2 Å². The molecule has 1 aromatic rings. The molecule has 3 heteroatoms. The predicted octanol–water partition coefficient (Wildman–Crippen LogP) is 3.47. The van der Waals surface area contributed by atoms with Gasteiger partial charge >= 0.3 is 0 Å².